The lowest BCUT2D eigenvalue weighted by Gasteiger charge is -2.06. The molecule has 2 rings (SSSR count). The molecular formula is C12H10FN3S. The van der Waals surface area contributed by atoms with Crippen molar-refractivity contribution in [1.82, 2.24) is 4.98 Å². The van der Waals surface area contributed by atoms with E-state index in [0.717, 1.165) is 0 Å². The summed E-state index contributed by atoms with van der Waals surface area (Å²) in [5.41, 5.74) is 6.51. The number of thiocarbonyl (C=S) groups is 1. The van der Waals surface area contributed by atoms with Crippen LogP contribution in [-0.4, -0.2) is 9.97 Å². The summed E-state index contributed by atoms with van der Waals surface area (Å²) in [5, 5.41) is 2.87. The van der Waals surface area contributed by atoms with Gasteiger partial charge in [-0.15, -0.1) is 0 Å². The number of hydrogen-bond donors (Lipinski definition) is 2. The van der Waals surface area contributed by atoms with Crippen LogP contribution in [0.25, 0.3) is 0 Å². The Morgan fingerprint density at radius 2 is 2.00 bits per heavy atom. The van der Waals surface area contributed by atoms with Crippen molar-refractivity contribution in [2.75, 3.05) is 5.32 Å². The van der Waals surface area contributed by atoms with Gasteiger partial charge in [0.05, 0.1) is 5.69 Å². The van der Waals surface area contributed by atoms with E-state index in [2.05, 4.69) is 10.3 Å². The highest BCUT2D eigenvalue weighted by molar-refractivity contribution is 7.80. The molecule has 0 aliphatic carbocycles. The van der Waals surface area contributed by atoms with Gasteiger partial charge < -0.3 is 11.1 Å². The molecule has 86 valence electrons. The lowest BCUT2D eigenvalue weighted by atomic mass is 10.2. The van der Waals surface area contributed by atoms with Crippen LogP contribution >= 0.6 is 12.2 Å². The van der Waals surface area contributed by atoms with E-state index < -0.39 is 0 Å². The maximum absolute atomic E-state index is 13.4. The van der Waals surface area contributed by atoms with Crippen molar-refractivity contribution in [2.45, 2.75) is 0 Å². The van der Waals surface area contributed by atoms with Crippen molar-refractivity contribution in [3.8, 4) is 0 Å². The minimum atomic E-state index is -0.326. The van der Waals surface area contributed by atoms with Crippen LogP contribution in [0.5, 0.6) is 0 Å². The monoisotopic (exact) mass is 247 g/mol. The van der Waals surface area contributed by atoms with Gasteiger partial charge in [0.25, 0.3) is 0 Å². The maximum atomic E-state index is 13.4. The topological polar surface area (TPSA) is 50.9 Å². The highest BCUT2D eigenvalue weighted by Gasteiger charge is 2.02. The van der Waals surface area contributed by atoms with Crippen LogP contribution in [0.2, 0.25) is 0 Å². The van der Waals surface area contributed by atoms with E-state index in [4.69, 9.17) is 18.0 Å². The van der Waals surface area contributed by atoms with Crippen LogP contribution in [0.1, 0.15) is 5.56 Å². The first-order valence-corrected chi connectivity index (χ1v) is 5.35. The maximum Gasteiger partial charge on any atom is 0.146 e. The number of pyridine rings is 1. The number of aromatic nitrogens is 1. The highest BCUT2D eigenvalue weighted by atomic mass is 32.1. The Kier molecular flexibility index (Phi) is 3.30. The number of hydrogen-bond acceptors (Lipinski definition) is 3. The van der Waals surface area contributed by atoms with Gasteiger partial charge in [-0.25, -0.2) is 9.37 Å². The molecule has 0 bridgehead atoms. The molecule has 0 fully saturated rings. The first-order valence-electron chi connectivity index (χ1n) is 4.94. The molecule has 17 heavy (non-hydrogen) atoms. The molecule has 5 heteroatoms. The summed E-state index contributed by atoms with van der Waals surface area (Å²) in [5.74, 6) is 0.211. The third-order valence-electron chi connectivity index (χ3n) is 2.18. The zero-order chi connectivity index (χ0) is 12.3. The van der Waals surface area contributed by atoms with Crippen LogP contribution < -0.4 is 11.1 Å². The lowest BCUT2D eigenvalue weighted by molar-refractivity contribution is 0.632. The molecule has 0 unspecified atom stereocenters. The van der Waals surface area contributed by atoms with Crippen LogP contribution in [0.4, 0.5) is 15.9 Å². The molecule has 2 aromatic rings. The van der Waals surface area contributed by atoms with E-state index in [1.165, 1.54) is 6.07 Å². The summed E-state index contributed by atoms with van der Waals surface area (Å²) in [6, 6.07) is 9.82. The molecule has 0 amide bonds. The number of nitrogens with zero attached hydrogens (tertiary/aromatic N) is 1. The Labute approximate surface area is 103 Å². The molecule has 0 radical (unpaired) electrons. The third-order valence-corrected chi connectivity index (χ3v) is 2.42. The van der Waals surface area contributed by atoms with E-state index in [1.54, 1.807) is 36.5 Å². The van der Waals surface area contributed by atoms with Gasteiger partial charge in [-0.3, -0.25) is 0 Å². The molecule has 0 spiro atoms. The van der Waals surface area contributed by atoms with Crippen molar-refractivity contribution >= 4 is 28.7 Å². The zero-order valence-corrected chi connectivity index (χ0v) is 9.67. The van der Waals surface area contributed by atoms with Crippen molar-refractivity contribution < 1.29 is 4.39 Å². The Morgan fingerprint density at radius 3 is 2.59 bits per heavy atom. The predicted octanol–water partition coefficient (Wildman–Crippen LogP) is 2.60. The summed E-state index contributed by atoms with van der Waals surface area (Å²) in [4.78, 5) is 4.38. The standard InChI is InChI=1S/C12H10FN3S/c13-9-3-1-2-4-10(9)16-11-6-5-8(7-15-11)12(14)17/h1-7H,(H2,14,17)(H,15,16). The van der Waals surface area contributed by atoms with Crippen molar-refractivity contribution in [1.29, 1.82) is 0 Å². The SMILES string of the molecule is NC(=S)c1ccc(Nc2ccccc2F)nc1. The number of rotatable bonds is 3. The largest absolute Gasteiger partial charge is 0.389 e. The third kappa shape index (κ3) is 2.76. The Bertz CT molecular complexity index is 540. The van der Waals surface area contributed by atoms with Crippen molar-refractivity contribution in [2.24, 2.45) is 5.73 Å². The highest BCUT2D eigenvalue weighted by Crippen LogP contribution is 2.17. The Balaban J connectivity index is 2.20. The Morgan fingerprint density at radius 1 is 1.24 bits per heavy atom. The fourth-order valence-corrected chi connectivity index (χ4v) is 1.43. The smallest absolute Gasteiger partial charge is 0.146 e. The number of benzene rings is 1. The minimum Gasteiger partial charge on any atom is -0.389 e. The summed E-state index contributed by atoms with van der Waals surface area (Å²) >= 11 is 4.81. The van der Waals surface area contributed by atoms with E-state index in [0.29, 0.717) is 17.1 Å². The Hall–Kier alpha value is -2.01. The fourth-order valence-electron chi connectivity index (χ4n) is 1.31. The molecule has 0 saturated heterocycles. The lowest BCUT2D eigenvalue weighted by Crippen LogP contribution is -2.09. The molecule has 0 saturated carbocycles. The molecule has 0 atom stereocenters. The van der Waals surface area contributed by atoms with Gasteiger partial charge in [-0.1, -0.05) is 24.4 Å². The second-order valence-electron chi connectivity index (χ2n) is 3.40. The summed E-state index contributed by atoms with van der Waals surface area (Å²) in [6.45, 7) is 0. The van der Waals surface area contributed by atoms with Gasteiger partial charge in [0.2, 0.25) is 0 Å². The quantitative estimate of drug-likeness (QED) is 0.819. The number of nitrogens with two attached hydrogens (primary N) is 1. The molecule has 0 aliphatic rings. The van der Waals surface area contributed by atoms with Crippen LogP contribution in [-0.2, 0) is 0 Å². The molecule has 1 aromatic heterocycles. The number of anilines is 2. The van der Waals surface area contributed by atoms with Crippen molar-refractivity contribution in [3.05, 3.63) is 54.0 Å². The number of nitrogens with one attached hydrogen (secondary N) is 1. The molecule has 0 aliphatic heterocycles. The van der Waals surface area contributed by atoms with Crippen LogP contribution in [0.15, 0.2) is 42.6 Å². The van der Waals surface area contributed by atoms with Gasteiger partial charge in [-0.05, 0) is 24.3 Å². The van der Waals surface area contributed by atoms with E-state index >= 15 is 0 Å². The normalized spacial score (nSPS) is 9.94. The van der Waals surface area contributed by atoms with E-state index in [1.807, 2.05) is 0 Å². The molecule has 1 heterocycles. The zero-order valence-electron chi connectivity index (χ0n) is 8.85. The van der Waals surface area contributed by atoms with E-state index in [-0.39, 0.29) is 10.8 Å². The predicted molar refractivity (Wildman–Crippen MR) is 69.8 cm³/mol. The molecule has 3 nitrogen and oxygen atoms in total. The molecule has 1 aromatic carbocycles. The van der Waals surface area contributed by atoms with Gasteiger partial charge >= 0.3 is 0 Å². The van der Waals surface area contributed by atoms with Crippen LogP contribution in [0, 0.1) is 5.82 Å². The van der Waals surface area contributed by atoms with Crippen LogP contribution in [0.3, 0.4) is 0 Å². The fraction of sp³-hybridized carbons (Fsp3) is 0. The van der Waals surface area contributed by atoms with E-state index in [9.17, 15) is 4.39 Å². The second-order valence-corrected chi connectivity index (χ2v) is 3.84. The number of para-hydroxylation sites is 1. The minimum absolute atomic E-state index is 0.287. The summed E-state index contributed by atoms with van der Waals surface area (Å²) in [6.07, 6.45) is 1.55. The van der Waals surface area contributed by atoms with Gasteiger partial charge in [0, 0.05) is 11.8 Å². The average Bonchev–Trinajstić information content (AvgIpc) is 2.33. The summed E-state index contributed by atoms with van der Waals surface area (Å²) in [7, 11) is 0. The van der Waals surface area contributed by atoms with Gasteiger partial charge in [-0.2, -0.15) is 0 Å². The molecule has 3 N–H and O–H groups in total. The summed E-state index contributed by atoms with van der Waals surface area (Å²) < 4.78 is 13.4. The van der Waals surface area contributed by atoms with Crippen molar-refractivity contribution in [3.63, 3.8) is 0 Å². The first kappa shape index (κ1) is 11.5. The average molecular weight is 247 g/mol. The first-order chi connectivity index (χ1) is 8.16. The van der Waals surface area contributed by atoms with Gasteiger partial charge in [0.1, 0.15) is 16.6 Å². The second kappa shape index (κ2) is 4.88. The van der Waals surface area contributed by atoms with Gasteiger partial charge in [0.15, 0.2) is 0 Å². The molecular weight excluding hydrogens is 237 g/mol. The number of halogens is 1.